The lowest BCUT2D eigenvalue weighted by atomic mass is 9.88. The summed E-state index contributed by atoms with van der Waals surface area (Å²) >= 11 is 1.33. The summed E-state index contributed by atoms with van der Waals surface area (Å²) in [5.41, 5.74) is 2.71. The van der Waals surface area contributed by atoms with E-state index in [0.29, 0.717) is 27.8 Å². The number of anilines is 1. The van der Waals surface area contributed by atoms with Crippen LogP contribution in [0.1, 0.15) is 43.8 Å². The second-order valence-electron chi connectivity index (χ2n) is 8.01. The average Bonchev–Trinajstić information content (AvgIpc) is 3.41. The molecule has 0 saturated heterocycles. The number of hydrogen-bond acceptors (Lipinski definition) is 5. The fourth-order valence-electron chi connectivity index (χ4n) is 4.19. The van der Waals surface area contributed by atoms with Gasteiger partial charge in [0.05, 0.1) is 22.5 Å². The van der Waals surface area contributed by atoms with Crippen molar-refractivity contribution in [2.45, 2.75) is 43.2 Å². The number of benzene rings is 2. The van der Waals surface area contributed by atoms with Crippen LogP contribution < -0.4 is 11.0 Å². The van der Waals surface area contributed by atoms with E-state index in [1.54, 1.807) is 18.2 Å². The third-order valence-corrected chi connectivity index (χ3v) is 6.55. The van der Waals surface area contributed by atoms with Crippen molar-refractivity contribution in [3.05, 3.63) is 64.8 Å². The first kappa shape index (κ1) is 20.6. The van der Waals surface area contributed by atoms with Gasteiger partial charge in [0, 0.05) is 11.6 Å². The third kappa shape index (κ3) is 4.47. The molecule has 2 aromatic carbocycles. The SMILES string of the molecule is O=C(CSc1nc(C2CCCCC2)n(-c2ccccc2)n1)Nc1ccc2[nH]c(=O)[nH]c2c1. The number of imidazole rings is 1. The molecule has 0 unspecified atom stereocenters. The predicted molar refractivity (Wildman–Crippen MR) is 125 cm³/mol. The number of nitrogens with zero attached hydrogens (tertiary/aromatic N) is 3. The van der Waals surface area contributed by atoms with Crippen LogP contribution in [0.5, 0.6) is 0 Å². The molecule has 164 valence electrons. The van der Waals surface area contributed by atoms with Crippen LogP contribution in [-0.2, 0) is 4.79 Å². The molecule has 0 aliphatic heterocycles. The number of hydrogen-bond donors (Lipinski definition) is 3. The van der Waals surface area contributed by atoms with Crippen molar-refractivity contribution in [3.63, 3.8) is 0 Å². The van der Waals surface area contributed by atoms with Crippen molar-refractivity contribution < 1.29 is 4.79 Å². The molecule has 2 aromatic heterocycles. The fraction of sp³-hybridized carbons (Fsp3) is 0.304. The largest absolute Gasteiger partial charge is 0.325 e. The van der Waals surface area contributed by atoms with Gasteiger partial charge < -0.3 is 15.3 Å². The van der Waals surface area contributed by atoms with Gasteiger partial charge in [0.1, 0.15) is 5.82 Å². The molecule has 3 N–H and O–H groups in total. The average molecular weight is 449 g/mol. The fourth-order valence-corrected chi connectivity index (χ4v) is 4.82. The number of para-hydroxylation sites is 1. The summed E-state index contributed by atoms with van der Waals surface area (Å²) in [7, 11) is 0. The number of H-pyrrole nitrogens is 2. The molecule has 4 aromatic rings. The summed E-state index contributed by atoms with van der Waals surface area (Å²) in [6, 6.07) is 15.3. The second-order valence-corrected chi connectivity index (χ2v) is 8.95. The molecule has 5 rings (SSSR count). The lowest BCUT2D eigenvalue weighted by Gasteiger charge is -2.21. The minimum atomic E-state index is -0.270. The standard InChI is InChI=1S/C23H24N6O2S/c30-20(24-16-11-12-18-19(13-16)26-22(31)25-18)14-32-23-27-21(15-7-3-1-4-8-15)29(28-23)17-9-5-2-6-10-17/h2,5-6,9-13,15H,1,3-4,7-8,14H2,(H,24,30)(H2,25,26,31). The molecule has 1 aliphatic carbocycles. The number of aromatic amines is 2. The molecule has 8 nitrogen and oxygen atoms in total. The molecular weight excluding hydrogens is 424 g/mol. The van der Waals surface area contributed by atoms with E-state index in [1.165, 1.54) is 31.0 Å². The maximum atomic E-state index is 12.5. The number of amides is 1. The van der Waals surface area contributed by atoms with E-state index in [1.807, 2.05) is 35.0 Å². The molecule has 1 amide bonds. The molecule has 9 heteroatoms. The van der Waals surface area contributed by atoms with Crippen molar-refractivity contribution in [3.8, 4) is 5.69 Å². The normalized spacial score (nSPS) is 14.6. The highest BCUT2D eigenvalue weighted by atomic mass is 32.2. The monoisotopic (exact) mass is 448 g/mol. The lowest BCUT2D eigenvalue weighted by molar-refractivity contribution is -0.113. The summed E-state index contributed by atoms with van der Waals surface area (Å²) in [4.78, 5) is 34.1. The molecule has 0 atom stereocenters. The van der Waals surface area contributed by atoms with Gasteiger partial charge in [-0.2, -0.15) is 0 Å². The van der Waals surface area contributed by atoms with Crippen LogP contribution in [0.4, 0.5) is 5.69 Å². The zero-order valence-electron chi connectivity index (χ0n) is 17.5. The zero-order chi connectivity index (χ0) is 21.9. The van der Waals surface area contributed by atoms with Crippen LogP contribution in [-0.4, -0.2) is 36.4 Å². The lowest BCUT2D eigenvalue weighted by Crippen LogP contribution is -2.14. The van der Waals surface area contributed by atoms with E-state index >= 15 is 0 Å². The Balaban J connectivity index is 1.30. The molecule has 32 heavy (non-hydrogen) atoms. The van der Waals surface area contributed by atoms with Crippen LogP contribution in [0.3, 0.4) is 0 Å². The van der Waals surface area contributed by atoms with Crippen LogP contribution >= 0.6 is 11.8 Å². The van der Waals surface area contributed by atoms with Crippen molar-refractivity contribution in [2.75, 3.05) is 11.1 Å². The smallest absolute Gasteiger partial charge is 0.323 e. The number of carbonyl (C=O) groups excluding carboxylic acids is 1. The first-order chi connectivity index (χ1) is 15.7. The summed E-state index contributed by atoms with van der Waals surface area (Å²) in [5.74, 6) is 1.43. The molecule has 1 saturated carbocycles. The Labute approximate surface area is 188 Å². The van der Waals surface area contributed by atoms with Gasteiger partial charge in [-0.3, -0.25) is 4.79 Å². The van der Waals surface area contributed by atoms with Gasteiger partial charge in [0.15, 0.2) is 0 Å². The van der Waals surface area contributed by atoms with Crippen LogP contribution in [0, 0.1) is 0 Å². The van der Waals surface area contributed by atoms with Gasteiger partial charge >= 0.3 is 5.69 Å². The first-order valence-electron chi connectivity index (χ1n) is 10.8. The molecule has 0 radical (unpaired) electrons. The number of fused-ring (bicyclic) bond motifs is 1. The van der Waals surface area contributed by atoms with E-state index in [-0.39, 0.29) is 17.3 Å². The third-order valence-electron chi connectivity index (χ3n) is 5.72. The van der Waals surface area contributed by atoms with Gasteiger partial charge in [-0.25, -0.2) is 14.5 Å². The topological polar surface area (TPSA) is 108 Å². The summed E-state index contributed by atoms with van der Waals surface area (Å²) in [5, 5.41) is 8.20. The van der Waals surface area contributed by atoms with E-state index in [4.69, 9.17) is 10.1 Å². The minimum Gasteiger partial charge on any atom is -0.325 e. The number of rotatable bonds is 6. The Morgan fingerprint density at radius 2 is 1.84 bits per heavy atom. The highest BCUT2D eigenvalue weighted by Gasteiger charge is 2.23. The van der Waals surface area contributed by atoms with E-state index in [0.717, 1.165) is 24.4 Å². The maximum Gasteiger partial charge on any atom is 0.323 e. The van der Waals surface area contributed by atoms with Gasteiger partial charge in [-0.1, -0.05) is 49.2 Å². The van der Waals surface area contributed by atoms with Crippen LogP contribution in [0.15, 0.2) is 58.5 Å². The number of nitrogens with one attached hydrogen (secondary N) is 3. The van der Waals surface area contributed by atoms with Crippen molar-refractivity contribution in [2.24, 2.45) is 0 Å². The van der Waals surface area contributed by atoms with Gasteiger partial charge in [-0.15, -0.1) is 5.10 Å². The Kier molecular flexibility index (Phi) is 5.81. The molecule has 1 fully saturated rings. The predicted octanol–water partition coefficient (Wildman–Crippen LogP) is 4.22. The summed E-state index contributed by atoms with van der Waals surface area (Å²) < 4.78 is 1.94. The minimum absolute atomic E-state index is 0.150. The second kappa shape index (κ2) is 9.04. The van der Waals surface area contributed by atoms with E-state index < -0.39 is 0 Å². The Morgan fingerprint density at radius 3 is 2.66 bits per heavy atom. The molecule has 0 spiro atoms. The number of thioether (sulfide) groups is 1. The van der Waals surface area contributed by atoms with Crippen LogP contribution in [0.2, 0.25) is 0 Å². The highest BCUT2D eigenvalue weighted by molar-refractivity contribution is 7.99. The molecule has 2 heterocycles. The summed E-state index contributed by atoms with van der Waals surface area (Å²) in [6.07, 6.45) is 5.96. The quantitative estimate of drug-likeness (QED) is 0.383. The van der Waals surface area contributed by atoms with E-state index in [2.05, 4.69) is 15.3 Å². The van der Waals surface area contributed by atoms with E-state index in [9.17, 15) is 9.59 Å². The molecule has 0 bridgehead atoms. The van der Waals surface area contributed by atoms with Gasteiger partial charge in [-0.05, 0) is 43.2 Å². The summed E-state index contributed by atoms with van der Waals surface area (Å²) in [6.45, 7) is 0. The van der Waals surface area contributed by atoms with Crippen molar-refractivity contribution in [1.29, 1.82) is 0 Å². The Morgan fingerprint density at radius 1 is 1.06 bits per heavy atom. The van der Waals surface area contributed by atoms with Gasteiger partial charge in [0.25, 0.3) is 0 Å². The van der Waals surface area contributed by atoms with Crippen molar-refractivity contribution >= 4 is 34.4 Å². The maximum absolute atomic E-state index is 12.5. The highest BCUT2D eigenvalue weighted by Crippen LogP contribution is 2.33. The van der Waals surface area contributed by atoms with Crippen molar-refractivity contribution in [1.82, 2.24) is 24.7 Å². The zero-order valence-corrected chi connectivity index (χ0v) is 18.3. The Hall–Kier alpha value is -3.33. The Bertz CT molecular complexity index is 1290. The molecule has 1 aliphatic rings. The first-order valence-corrected chi connectivity index (χ1v) is 11.8. The number of aromatic nitrogens is 5. The van der Waals surface area contributed by atoms with Gasteiger partial charge in [0.2, 0.25) is 11.1 Å². The van der Waals surface area contributed by atoms with Crippen LogP contribution in [0.25, 0.3) is 16.7 Å². The number of carbonyl (C=O) groups is 1. The molecular formula is C23H24N6O2S.